The van der Waals surface area contributed by atoms with Crippen LogP contribution in [0, 0.1) is 16.7 Å². The lowest BCUT2D eigenvalue weighted by Gasteiger charge is -2.33. The Balaban J connectivity index is 2.70. The summed E-state index contributed by atoms with van der Waals surface area (Å²) in [4.78, 5) is 0. The van der Waals surface area contributed by atoms with Crippen molar-refractivity contribution in [3.05, 3.63) is 0 Å². The molecule has 0 unspecified atom stereocenters. The normalized spacial score (nSPS) is 38.0. The van der Waals surface area contributed by atoms with Crippen molar-refractivity contribution < 1.29 is 5.11 Å². The Morgan fingerprint density at radius 2 is 2.00 bits per heavy atom. The maximum Gasteiger partial charge on any atom is 0.0659 e. The second kappa shape index (κ2) is 2.71. The average Bonchev–Trinajstić information content (AvgIpc) is 2.59. The molecule has 3 atom stereocenters. The molecule has 0 amide bonds. The predicted octanol–water partition coefficient (Wildman–Crippen LogP) is 1.38. The fourth-order valence-electron chi connectivity index (χ4n) is 2.15. The summed E-state index contributed by atoms with van der Waals surface area (Å²) in [5.74, 6) is 0.594. The molecular formula is C10H21NO. The van der Waals surface area contributed by atoms with Gasteiger partial charge in [-0.15, -0.1) is 0 Å². The highest BCUT2D eigenvalue weighted by molar-refractivity contribution is 5.08. The van der Waals surface area contributed by atoms with Crippen LogP contribution in [0.15, 0.2) is 0 Å². The summed E-state index contributed by atoms with van der Waals surface area (Å²) in [5.41, 5.74) is 5.69. The highest BCUT2D eigenvalue weighted by Crippen LogP contribution is 2.57. The summed E-state index contributed by atoms with van der Waals surface area (Å²) in [6.07, 6.45) is 0.826. The third-order valence-corrected chi connectivity index (χ3v) is 3.25. The monoisotopic (exact) mass is 171 g/mol. The first-order valence-corrected chi connectivity index (χ1v) is 4.73. The van der Waals surface area contributed by atoms with Crippen molar-refractivity contribution in [3.63, 3.8) is 0 Å². The van der Waals surface area contributed by atoms with E-state index in [1.807, 2.05) is 0 Å². The van der Waals surface area contributed by atoms with Crippen LogP contribution in [0.4, 0.5) is 0 Å². The maximum absolute atomic E-state index is 10.1. The van der Waals surface area contributed by atoms with Gasteiger partial charge in [-0.2, -0.15) is 0 Å². The minimum absolute atomic E-state index is 0.0260. The molecule has 72 valence electrons. The van der Waals surface area contributed by atoms with Crippen LogP contribution in [0.5, 0.6) is 0 Å². The summed E-state index contributed by atoms with van der Waals surface area (Å²) < 4.78 is 0. The van der Waals surface area contributed by atoms with Gasteiger partial charge in [0.05, 0.1) is 6.10 Å². The molecule has 1 fully saturated rings. The van der Waals surface area contributed by atoms with Crippen LogP contribution in [0.25, 0.3) is 0 Å². The Hall–Kier alpha value is -0.0800. The quantitative estimate of drug-likeness (QED) is 0.659. The van der Waals surface area contributed by atoms with E-state index < -0.39 is 0 Å². The van der Waals surface area contributed by atoms with Gasteiger partial charge in [-0.05, 0) is 17.8 Å². The SMILES string of the molecule is C[C@@H]1C[C@]1(CN)[C@@H](O)C(C)(C)C. The molecule has 1 aliphatic rings. The zero-order chi connectivity index (χ0) is 9.57. The number of aliphatic hydroxyl groups is 1. The minimum Gasteiger partial charge on any atom is -0.392 e. The van der Waals surface area contributed by atoms with Crippen LogP contribution in [0.1, 0.15) is 34.1 Å². The van der Waals surface area contributed by atoms with E-state index in [0.29, 0.717) is 12.5 Å². The summed E-state index contributed by atoms with van der Waals surface area (Å²) in [7, 11) is 0. The summed E-state index contributed by atoms with van der Waals surface area (Å²) in [6, 6.07) is 0. The Labute approximate surface area is 75.2 Å². The van der Waals surface area contributed by atoms with Crippen molar-refractivity contribution in [2.24, 2.45) is 22.5 Å². The van der Waals surface area contributed by atoms with Crippen LogP contribution >= 0.6 is 0 Å². The zero-order valence-corrected chi connectivity index (χ0v) is 8.59. The van der Waals surface area contributed by atoms with Crippen molar-refractivity contribution >= 4 is 0 Å². The van der Waals surface area contributed by atoms with Gasteiger partial charge in [0, 0.05) is 12.0 Å². The topological polar surface area (TPSA) is 46.2 Å². The van der Waals surface area contributed by atoms with E-state index in [1.165, 1.54) is 0 Å². The molecule has 0 aromatic heterocycles. The summed E-state index contributed by atoms with van der Waals surface area (Å²) in [5, 5.41) is 10.1. The molecule has 0 spiro atoms. The van der Waals surface area contributed by atoms with Gasteiger partial charge in [0.1, 0.15) is 0 Å². The Morgan fingerprint density at radius 1 is 1.58 bits per heavy atom. The van der Waals surface area contributed by atoms with Crippen molar-refractivity contribution in [1.82, 2.24) is 0 Å². The van der Waals surface area contributed by atoms with E-state index in [1.54, 1.807) is 0 Å². The second-order valence-electron chi connectivity index (χ2n) is 5.31. The molecule has 0 aromatic carbocycles. The van der Waals surface area contributed by atoms with Gasteiger partial charge in [0.15, 0.2) is 0 Å². The number of aliphatic hydroxyl groups excluding tert-OH is 1. The van der Waals surface area contributed by atoms with E-state index >= 15 is 0 Å². The van der Waals surface area contributed by atoms with Crippen molar-refractivity contribution in [2.45, 2.75) is 40.2 Å². The molecule has 0 heterocycles. The molecule has 12 heavy (non-hydrogen) atoms. The van der Waals surface area contributed by atoms with E-state index in [0.717, 1.165) is 6.42 Å². The summed E-state index contributed by atoms with van der Waals surface area (Å²) >= 11 is 0. The number of hydrogen-bond acceptors (Lipinski definition) is 2. The fourth-order valence-corrected chi connectivity index (χ4v) is 2.15. The van der Waals surface area contributed by atoms with Crippen LogP contribution < -0.4 is 5.73 Å². The van der Waals surface area contributed by atoms with E-state index in [2.05, 4.69) is 27.7 Å². The average molecular weight is 171 g/mol. The maximum atomic E-state index is 10.1. The smallest absolute Gasteiger partial charge is 0.0659 e. The van der Waals surface area contributed by atoms with Crippen LogP contribution in [-0.4, -0.2) is 17.8 Å². The Morgan fingerprint density at radius 3 is 2.08 bits per heavy atom. The first kappa shape index (κ1) is 10.0. The third kappa shape index (κ3) is 1.38. The third-order valence-electron chi connectivity index (χ3n) is 3.25. The van der Waals surface area contributed by atoms with Crippen molar-refractivity contribution in [2.75, 3.05) is 6.54 Å². The molecule has 0 bridgehead atoms. The van der Waals surface area contributed by atoms with E-state index in [9.17, 15) is 5.11 Å². The van der Waals surface area contributed by atoms with Crippen LogP contribution in [0.3, 0.4) is 0 Å². The van der Waals surface area contributed by atoms with Crippen LogP contribution in [0.2, 0.25) is 0 Å². The molecule has 1 rings (SSSR count). The second-order valence-corrected chi connectivity index (χ2v) is 5.31. The van der Waals surface area contributed by atoms with E-state index in [4.69, 9.17) is 5.73 Å². The molecule has 3 N–H and O–H groups in total. The number of nitrogens with two attached hydrogens (primary N) is 1. The summed E-state index contributed by atoms with van der Waals surface area (Å²) in [6.45, 7) is 8.99. The molecule has 2 heteroatoms. The molecular weight excluding hydrogens is 150 g/mol. The molecule has 0 aromatic rings. The lowest BCUT2D eigenvalue weighted by Crippen LogP contribution is -2.40. The predicted molar refractivity (Wildman–Crippen MR) is 50.7 cm³/mol. The molecule has 0 aliphatic heterocycles. The Kier molecular flexibility index (Phi) is 2.26. The van der Waals surface area contributed by atoms with Gasteiger partial charge in [-0.25, -0.2) is 0 Å². The van der Waals surface area contributed by atoms with Gasteiger partial charge in [-0.1, -0.05) is 27.7 Å². The van der Waals surface area contributed by atoms with Gasteiger partial charge in [0.25, 0.3) is 0 Å². The highest BCUT2D eigenvalue weighted by atomic mass is 16.3. The number of hydrogen-bond donors (Lipinski definition) is 2. The van der Waals surface area contributed by atoms with Gasteiger partial charge >= 0.3 is 0 Å². The van der Waals surface area contributed by atoms with E-state index in [-0.39, 0.29) is 16.9 Å². The lowest BCUT2D eigenvalue weighted by atomic mass is 9.78. The molecule has 0 radical (unpaired) electrons. The first-order chi connectivity index (χ1) is 5.34. The van der Waals surface area contributed by atoms with Gasteiger partial charge in [-0.3, -0.25) is 0 Å². The first-order valence-electron chi connectivity index (χ1n) is 4.73. The van der Waals surface area contributed by atoms with Crippen molar-refractivity contribution in [3.8, 4) is 0 Å². The molecule has 1 aliphatic carbocycles. The lowest BCUT2D eigenvalue weighted by molar-refractivity contribution is -0.00322. The highest BCUT2D eigenvalue weighted by Gasteiger charge is 2.57. The molecule has 2 nitrogen and oxygen atoms in total. The van der Waals surface area contributed by atoms with Gasteiger partial charge in [0.2, 0.25) is 0 Å². The molecule has 1 saturated carbocycles. The largest absolute Gasteiger partial charge is 0.392 e. The van der Waals surface area contributed by atoms with Crippen LogP contribution in [-0.2, 0) is 0 Å². The standard InChI is InChI=1S/C10H21NO/c1-7-5-10(7,6-11)8(12)9(2,3)4/h7-8,12H,5-6,11H2,1-4H3/t7-,8+,10-/m1/s1. The zero-order valence-electron chi connectivity index (χ0n) is 8.59. The van der Waals surface area contributed by atoms with Crippen molar-refractivity contribution in [1.29, 1.82) is 0 Å². The Bertz CT molecular complexity index is 169. The minimum atomic E-state index is -0.259. The molecule has 0 saturated heterocycles. The number of rotatable bonds is 2. The fraction of sp³-hybridized carbons (Fsp3) is 1.00. The van der Waals surface area contributed by atoms with Gasteiger partial charge < -0.3 is 10.8 Å².